The van der Waals surface area contributed by atoms with E-state index in [9.17, 15) is 4.39 Å². The van der Waals surface area contributed by atoms with Crippen molar-refractivity contribution < 1.29 is 23.8 Å². The molecule has 1 aliphatic rings. The Morgan fingerprint density at radius 2 is 1.93 bits per heavy atom. The lowest BCUT2D eigenvalue weighted by Gasteiger charge is -2.18. The van der Waals surface area contributed by atoms with Crippen LogP contribution in [0.2, 0.25) is 0 Å². The zero-order valence-corrected chi connectivity index (χ0v) is 24.2. The summed E-state index contributed by atoms with van der Waals surface area (Å²) >= 11 is 0. The van der Waals surface area contributed by atoms with Crippen molar-refractivity contribution in [2.24, 2.45) is 16.5 Å². The predicted octanol–water partition coefficient (Wildman–Crippen LogP) is 5.06. The maximum atomic E-state index is 14.1. The number of aliphatic imine (C=N–C) groups is 1. The molecule has 0 saturated heterocycles. The van der Waals surface area contributed by atoms with Gasteiger partial charge in [0, 0.05) is 23.8 Å². The van der Waals surface area contributed by atoms with Gasteiger partial charge in [-0.05, 0) is 79.6 Å². The minimum atomic E-state index is -0.354. The van der Waals surface area contributed by atoms with Crippen LogP contribution >= 0.6 is 0 Å². The van der Waals surface area contributed by atoms with E-state index in [-0.39, 0.29) is 30.2 Å². The maximum Gasteiger partial charge on any atom is 0.290 e. The van der Waals surface area contributed by atoms with E-state index in [0.717, 1.165) is 52.7 Å². The number of nitrogens with two attached hydrogens (primary N) is 2. The number of aromatic nitrogens is 2. The number of carboxylic acid groups (broad SMARTS) is 1. The van der Waals surface area contributed by atoms with E-state index in [1.165, 1.54) is 12.1 Å². The fraction of sp³-hybridized carbons (Fsp3) is 0.323. The number of halogens is 1. The molecule has 0 radical (unpaired) electrons. The third kappa shape index (κ3) is 6.46. The molecule has 2 aromatic carbocycles. The van der Waals surface area contributed by atoms with Gasteiger partial charge in [0.15, 0.2) is 11.5 Å². The summed E-state index contributed by atoms with van der Waals surface area (Å²) in [6.45, 7) is 3.79. The third-order valence-electron chi connectivity index (χ3n) is 7.45. The molecule has 0 amide bonds. The molecule has 2 aromatic heterocycles. The molecule has 1 saturated carbocycles. The lowest BCUT2D eigenvalue weighted by atomic mass is 10.0. The molecule has 11 heteroatoms. The molecule has 2 heterocycles. The number of aryl methyl sites for hydroxylation is 2. The smallest absolute Gasteiger partial charge is 0.290 e. The normalized spacial score (nSPS) is 16.6. The summed E-state index contributed by atoms with van der Waals surface area (Å²) < 4.78 is 26.9. The quantitative estimate of drug-likeness (QED) is 0.129. The van der Waals surface area contributed by atoms with Crippen molar-refractivity contribution in [3.8, 4) is 22.6 Å². The minimum absolute atomic E-state index is 0.158. The molecule has 42 heavy (non-hydrogen) atoms. The van der Waals surface area contributed by atoms with Crippen LogP contribution in [0.4, 0.5) is 15.8 Å². The first-order chi connectivity index (χ1) is 20.2. The Labute approximate surface area is 244 Å². The van der Waals surface area contributed by atoms with E-state index >= 15 is 0 Å². The van der Waals surface area contributed by atoms with E-state index in [4.69, 9.17) is 30.8 Å². The number of carbonyl (C=O) groups is 1. The van der Waals surface area contributed by atoms with Gasteiger partial charge in [0.05, 0.1) is 42.9 Å². The maximum absolute atomic E-state index is 14.1. The topological polar surface area (TPSA) is 149 Å². The van der Waals surface area contributed by atoms with Gasteiger partial charge in [0.25, 0.3) is 6.47 Å². The van der Waals surface area contributed by atoms with Gasteiger partial charge in [-0.1, -0.05) is 13.0 Å². The van der Waals surface area contributed by atoms with Crippen LogP contribution in [-0.4, -0.2) is 53.3 Å². The summed E-state index contributed by atoms with van der Waals surface area (Å²) in [5.74, 6) is 1.24. The SMILES string of the molecule is CCc1ccc(F)cc1N=C(N)c1cnn2cc(-c3cc(OC)c(OC)cc3C)cc2c1N[C@H]1CC[C@@H](N)C1.O=CO. The fourth-order valence-electron chi connectivity index (χ4n) is 5.32. The molecule has 5 rings (SSSR count). The molecule has 1 aliphatic carbocycles. The molecule has 2 atom stereocenters. The van der Waals surface area contributed by atoms with Crippen molar-refractivity contribution in [3.05, 3.63) is 71.3 Å². The van der Waals surface area contributed by atoms with Gasteiger partial charge < -0.3 is 31.4 Å². The molecule has 6 N–H and O–H groups in total. The van der Waals surface area contributed by atoms with Crippen molar-refractivity contribution in [1.29, 1.82) is 0 Å². The highest BCUT2D eigenvalue weighted by molar-refractivity contribution is 6.06. The first-order valence-electron chi connectivity index (χ1n) is 13.7. The van der Waals surface area contributed by atoms with Crippen LogP contribution in [-0.2, 0) is 11.2 Å². The number of anilines is 1. The predicted molar refractivity (Wildman–Crippen MR) is 163 cm³/mol. The van der Waals surface area contributed by atoms with Crippen molar-refractivity contribution in [2.75, 3.05) is 19.5 Å². The molecule has 4 aromatic rings. The van der Waals surface area contributed by atoms with Gasteiger partial charge in [-0.3, -0.25) is 4.79 Å². The van der Waals surface area contributed by atoms with Gasteiger partial charge >= 0.3 is 0 Å². The molecule has 0 bridgehead atoms. The van der Waals surface area contributed by atoms with Gasteiger partial charge in [0.1, 0.15) is 11.7 Å². The number of fused-ring (bicyclic) bond motifs is 1. The van der Waals surface area contributed by atoms with E-state index in [0.29, 0.717) is 29.2 Å². The highest BCUT2D eigenvalue weighted by Gasteiger charge is 2.25. The highest BCUT2D eigenvalue weighted by Crippen LogP contribution is 2.38. The molecule has 222 valence electrons. The number of rotatable bonds is 8. The Bertz CT molecular complexity index is 1600. The number of ether oxygens (including phenoxy) is 2. The Hall–Kier alpha value is -4.64. The molecule has 0 spiro atoms. The summed E-state index contributed by atoms with van der Waals surface area (Å²) in [7, 11) is 3.25. The molecule has 10 nitrogen and oxygen atoms in total. The van der Waals surface area contributed by atoms with E-state index < -0.39 is 0 Å². The Morgan fingerprint density at radius 1 is 1.21 bits per heavy atom. The van der Waals surface area contributed by atoms with Crippen LogP contribution in [0.3, 0.4) is 0 Å². The van der Waals surface area contributed by atoms with E-state index in [1.807, 2.05) is 36.7 Å². The average Bonchev–Trinajstić information content (AvgIpc) is 3.59. The largest absolute Gasteiger partial charge is 0.493 e. The molecule has 0 unspecified atom stereocenters. The average molecular weight is 577 g/mol. The first kappa shape index (κ1) is 30.3. The van der Waals surface area contributed by atoms with Crippen molar-refractivity contribution in [1.82, 2.24) is 9.61 Å². The summed E-state index contributed by atoms with van der Waals surface area (Å²) in [4.78, 5) is 13.0. The lowest BCUT2D eigenvalue weighted by Crippen LogP contribution is -2.24. The van der Waals surface area contributed by atoms with Crippen LogP contribution in [0, 0.1) is 12.7 Å². The van der Waals surface area contributed by atoms with Crippen LogP contribution in [0.25, 0.3) is 16.6 Å². The van der Waals surface area contributed by atoms with Crippen molar-refractivity contribution in [2.45, 2.75) is 51.6 Å². The standard InChI is InChI=1S/C30H35FN6O2.CH2O2/c1-5-18-6-7-20(31)12-25(18)36-30(33)24-15-34-37-16-19(23-14-28(39-4)27(38-3)10-17(23)2)11-26(37)29(24)35-22-9-8-21(32)13-22;2-1-3/h6-7,10-12,14-16,21-22,35H,5,8-9,13,32H2,1-4H3,(H2,33,36);1H,(H,2,3)/t21-,22+;/m1./s1. The van der Waals surface area contributed by atoms with Crippen molar-refractivity contribution >= 4 is 29.2 Å². The van der Waals surface area contributed by atoms with Gasteiger partial charge in [-0.2, -0.15) is 5.10 Å². The van der Waals surface area contributed by atoms with Gasteiger partial charge in [-0.15, -0.1) is 0 Å². The summed E-state index contributed by atoms with van der Waals surface area (Å²) in [6, 6.07) is 11.0. The monoisotopic (exact) mass is 576 g/mol. The second-order valence-corrected chi connectivity index (χ2v) is 10.2. The highest BCUT2D eigenvalue weighted by atomic mass is 19.1. The minimum Gasteiger partial charge on any atom is -0.493 e. The van der Waals surface area contributed by atoms with Crippen LogP contribution in [0.1, 0.15) is 42.9 Å². The molecule has 0 aliphatic heterocycles. The fourth-order valence-corrected chi connectivity index (χ4v) is 5.32. The van der Waals surface area contributed by atoms with E-state index in [1.54, 1.807) is 26.5 Å². The molecule has 1 fully saturated rings. The second kappa shape index (κ2) is 13.3. The number of benzene rings is 2. The lowest BCUT2D eigenvalue weighted by molar-refractivity contribution is -0.122. The number of amidine groups is 1. The first-order valence-corrected chi connectivity index (χ1v) is 13.7. The summed E-state index contributed by atoms with van der Waals surface area (Å²) in [5, 5.41) is 15.2. The number of methoxy groups -OCH3 is 2. The zero-order chi connectivity index (χ0) is 30.4. The van der Waals surface area contributed by atoms with Crippen LogP contribution in [0.15, 0.2) is 53.8 Å². The van der Waals surface area contributed by atoms with Gasteiger partial charge in [-0.25, -0.2) is 13.9 Å². The Morgan fingerprint density at radius 3 is 2.57 bits per heavy atom. The summed E-state index contributed by atoms with van der Waals surface area (Å²) in [6.07, 6.45) is 7.17. The Kier molecular flexibility index (Phi) is 9.64. The third-order valence-corrected chi connectivity index (χ3v) is 7.45. The van der Waals surface area contributed by atoms with Crippen LogP contribution < -0.4 is 26.3 Å². The number of hydrogen-bond acceptors (Lipinski definition) is 7. The Balaban J connectivity index is 0.00000129. The van der Waals surface area contributed by atoms with E-state index in [2.05, 4.69) is 21.5 Å². The number of nitrogens with zero attached hydrogens (tertiary/aromatic N) is 3. The summed E-state index contributed by atoms with van der Waals surface area (Å²) in [5.41, 5.74) is 19.6. The van der Waals surface area contributed by atoms with Crippen LogP contribution in [0.5, 0.6) is 11.5 Å². The van der Waals surface area contributed by atoms with Crippen molar-refractivity contribution in [3.63, 3.8) is 0 Å². The van der Waals surface area contributed by atoms with Gasteiger partial charge in [0.2, 0.25) is 0 Å². The molecular formula is C31H37FN6O4. The number of nitrogens with one attached hydrogen (secondary N) is 1. The zero-order valence-electron chi connectivity index (χ0n) is 24.2. The molecular weight excluding hydrogens is 539 g/mol. The number of hydrogen-bond donors (Lipinski definition) is 4. The second-order valence-electron chi connectivity index (χ2n) is 10.2.